The maximum Gasteiger partial charge on any atom is 0.272 e. The molecular weight excluding hydrogens is 398 g/mol. The highest BCUT2D eigenvalue weighted by Gasteiger charge is 2.15. The predicted octanol–water partition coefficient (Wildman–Crippen LogP) is 3.98. The zero-order chi connectivity index (χ0) is 21.8. The van der Waals surface area contributed by atoms with Gasteiger partial charge in [0.2, 0.25) is 5.75 Å². The van der Waals surface area contributed by atoms with Crippen LogP contribution in [0.4, 0.5) is 0 Å². The number of phenolic OH excluding ortho intramolecular Hbond substituents is 1. The number of hydrogen-bond donors (Lipinski definition) is 2. The van der Waals surface area contributed by atoms with Crippen molar-refractivity contribution in [2.24, 2.45) is 5.10 Å². The Balaban J connectivity index is 1.63. The Kier molecular flexibility index (Phi) is 5.53. The van der Waals surface area contributed by atoms with Gasteiger partial charge in [0, 0.05) is 10.9 Å². The number of ether oxygens (including phenoxy) is 2. The lowest BCUT2D eigenvalue weighted by Gasteiger charge is -2.09. The number of pyridine rings is 1. The third-order valence-electron chi connectivity index (χ3n) is 4.62. The Labute approximate surface area is 177 Å². The molecule has 2 aromatic heterocycles. The Bertz CT molecular complexity index is 1240. The Hall–Kier alpha value is -4.33. The van der Waals surface area contributed by atoms with Crippen molar-refractivity contribution in [2.75, 3.05) is 14.2 Å². The number of phenols is 1. The number of fused-ring (bicyclic) bond motifs is 1. The minimum atomic E-state index is -0.402. The van der Waals surface area contributed by atoms with Crippen LogP contribution in [0.5, 0.6) is 17.2 Å². The van der Waals surface area contributed by atoms with Crippen molar-refractivity contribution in [1.82, 2.24) is 10.4 Å². The van der Waals surface area contributed by atoms with Gasteiger partial charge in [-0.3, -0.25) is 4.79 Å². The number of para-hydroxylation sites is 1. The van der Waals surface area contributed by atoms with E-state index < -0.39 is 5.91 Å². The van der Waals surface area contributed by atoms with E-state index in [1.165, 1.54) is 20.4 Å². The van der Waals surface area contributed by atoms with E-state index in [1.807, 2.05) is 24.3 Å². The molecule has 0 radical (unpaired) electrons. The van der Waals surface area contributed by atoms with Gasteiger partial charge >= 0.3 is 0 Å². The number of carbonyl (C=O) groups excluding carboxylic acids is 1. The zero-order valence-corrected chi connectivity index (χ0v) is 16.8. The summed E-state index contributed by atoms with van der Waals surface area (Å²) in [6, 6.07) is 15.7. The summed E-state index contributed by atoms with van der Waals surface area (Å²) in [6.45, 7) is 0. The van der Waals surface area contributed by atoms with Gasteiger partial charge in [0.05, 0.1) is 37.8 Å². The van der Waals surface area contributed by atoms with Crippen LogP contribution in [0.3, 0.4) is 0 Å². The molecule has 4 aromatic rings. The normalized spacial score (nSPS) is 11.0. The molecular formula is C23H19N3O5. The van der Waals surface area contributed by atoms with Crippen LogP contribution in [0.15, 0.2) is 70.4 Å². The maximum absolute atomic E-state index is 12.9. The molecule has 1 amide bonds. The first-order chi connectivity index (χ1) is 15.1. The molecule has 0 atom stereocenters. The molecule has 2 aromatic carbocycles. The molecule has 0 saturated carbocycles. The number of carbonyl (C=O) groups is 1. The smallest absolute Gasteiger partial charge is 0.272 e. The van der Waals surface area contributed by atoms with Crippen molar-refractivity contribution < 1.29 is 23.8 Å². The zero-order valence-electron chi connectivity index (χ0n) is 16.8. The molecule has 31 heavy (non-hydrogen) atoms. The lowest BCUT2D eigenvalue weighted by molar-refractivity contribution is 0.0956. The van der Waals surface area contributed by atoms with Gasteiger partial charge in [-0.05, 0) is 36.4 Å². The number of aromatic nitrogens is 1. The second kappa shape index (κ2) is 8.58. The highest BCUT2D eigenvalue weighted by atomic mass is 16.5. The van der Waals surface area contributed by atoms with Crippen molar-refractivity contribution in [1.29, 1.82) is 0 Å². The van der Waals surface area contributed by atoms with E-state index in [9.17, 15) is 9.90 Å². The van der Waals surface area contributed by atoms with Gasteiger partial charge in [-0.15, -0.1) is 0 Å². The molecule has 8 nitrogen and oxygen atoms in total. The second-order valence-corrected chi connectivity index (χ2v) is 6.52. The number of benzene rings is 2. The third kappa shape index (κ3) is 4.04. The summed E-state index contributed by atoms with van der Waals surface area (Å²) in [5.41, 5.74) is 4.73. The highest BCUT2D eigenvalue weighted by molar-refractivity contribution is 6.07. The molecule has 0 fully saturated rings. The Morgan fingerprint density at radius 2 is 1.84 bits per heavy atom. The number of hydrazone groups is 1. The first kappa shape index (κ1) is 20.0. The van der Waals surface area contributed by atoms with E-state index in [0.717, 1.165) is 0 Å². The summed E-state index contributed by atoms with van der Waals surface area (Å²) in [4.78, 5) is 17.5. The summed E-state index contributed by atoms with van der Waals surface area (Å²) in [6.07, 6.45) is 2.98. The van der Waals surface area contributed by atoms with Crippen LogP contribution in [0, 0.1) is 0 Å². The molecule has 156 valence electrons. The number of methoxy groups -OCH3 is 2. The van der Waals surface area contributed by atoms with Crippen LogP contribution in [-0.2, 0) is 0 Å². The van der Waals surface area contributed by atoms with Gasteiger partial charge in [0.25, 0.3) is 5.91 Å². The molecule has 4 rings (SSSR count). The van der Waals surface area contributed by atoms with E-state index in [0.29, 0.717) is 33.5 Å². The Morgan fingerprint density at radius 3 is 2.52 bits per heavy atom. The van der Waals surface area contributed by atoms with Gasteiger partial charge in [0.15, 0.2) is 17.3 Å². The van der Waals surface area contributed by atoms with Gasteiger partial charge in [-0.1, -0.05) is 18.2 Å². The van der Waals surface area contributed by atoms with Crippen LogP contribution >= 0.6 is 0 Å². The fourth-order valence-electron chi connectivity index (χ4n) is 3.13. The van der Waals surface area contributed by atoms with E-state index in [2.05, 4.69) is 15.5 Å². The quantitative estimate of drug-likeness (QED) is 0.363. The van der Waals surface area contributed by atoms with Gasteiger partial charge in [-0.25, -0.2) is 10.4 Å². The number of aromatic hydroxyl groups is 1. The van der Waals surface area contributed by atoms with Crippen molar-refractivity contribution >= 4 is 23.0 Å². The van der Waals surface area contributed by atoms with Crippen LogP contribution in [0.25, 0.3) is 22.4 Å². The number of furan rings is 1. The molecule has 0 aliphatic carbocycles. The first-order valence-corrected chi connectivity index (χ1v) is 9.32. The lowest BCUT2D eigenvalue weighted by atomic mass is 10.1. The predicted molar refractivity (Wildman–Crippen MR) is 116 cm³/mol. The van der Waals surface area contributed by atoms with E-state index in [4.69, 9.17) is 13.9 Å². The minimum Gasteiger partial charge on any atom is -0.502 e. The number of rotatable bonds is 6. The number of nitrogens with one attached hydrogen (secondary N) is 1. The molecule has 0 spiro atoms. The average molecular weight is 417 g/mol. The standard InChI is InChI=1S/C23H19N3O5/c1-29-20-10-14(11-21(30-2)22(20)27)13-24-26-23(28)16-12-18(19-8-5-9-31-19)25-17-7-4-3-6-15(16)17/h3-13,27H,1-2H3,(H,26,28)/b24-13+. The summed E-state index contributed by atoms with van der Waals surface area (Å²) in [5.74, 6) is 0.512. The van der Waals surface area contributed by atoms with Gasteiger partial charge in [0.1, 0.15) is 5.69 Å². The summed E-state index contributed by atoms with van der Waals surface area (Å²) in [7, 11) is 2.87. The first-order valence-electron chi connectivity index (χ1n) is 9.32. The molecule has 2 N–H and O–H groups in total. The molecule has 0 saturated heterocycles. The lowest BCUT2D eigenvalue weighted by Crippen LogP contribution is -2.18. The number of nitrogens with zero attached hydrogens (tertiary/aromatic N) is 2. The number of amides is 1. The van der Waals surface area contributed by atoms with E-state index in [-0.39, 0.29) is 17.2 Å². The SMILES string of the molecule is COc1cc(/C=N/NC(=O)c2cc(-c3ccco3)nc3ccccc23)cc(OC)c1O. The molecule has 2 heterocycles. The summed E-state index contributed by atoms with van der Waals surface area (Å²) in [5, 5.41) is 14.7. The topological polar surface area (TPSA) is 106 Å². The molecule has 0 aliphatic heterocycles. The molecule has 8 heteroatoms. The van der Waals surface area contributed by atoms with Crippen LogP contribution in [0.1, 0.15) is 15.9 Å². The third-order valence-corrected chi connectivity index (χ3v) is 4.62. The van der Waals surface area contributed by atoms with E-state index >= 15 is 0 Å². The molecule has 0 aliphatic rings. The second-order valence-electron chi connectivity index (χ2n) is 6.52. The van der Waals surface area contributed by atoms with E-state index in [1.54, 1.807) is 36.6 Å². The maximum atomic E-state index is 12.9. The average Bonchev–Trinajstić information content (AvgIpc) is 3.34. The monoisotopic (exact) mass is 417 g/mol. The van der Waals surface area contributed by atoms with Crippen LogP contribution < -0.4 is 14.9 Å². The van der Waals surface area contributed by atoms with Crippen molar-refractivity contribution in [3.8, 4) is 28.7 Å². The van der Waals surface area contributed by atoms with Crippen molar-refractivity contribution in [3.05, 3.63) is 72.0 Å². The largest absolute Gasteiger partial charge is 0.502 e. The fourth-order valence-corrected chi connectivity index (χ4v) is 3.13. The van der Waals surface area contributed by atoms with Crippen molar-refractivity contribution in [2.45, 2.75) is 0 Å². The molecule has 0 unspecified atom stereocenters. The van der Waals surface area contributed by atoms with Crippen LogP contribution in [-0.4, -0.2) is 36.4 Å². The van der Waals surface area contributed by atoms with Crippen LogP contribution in [0.2, 0.25) is 0 Å². The fraction of sp³-hybridized carbons (Fsp3) is 0.0870. The summed E-state index contributed by atoms with van der Waals surface area (Å²) >= 11 is 0. The Morgan fingerprint density at radius 1 is 1.10 bits per heavy atom. The highest BCUT2D eigenvalue weighted by Crippen LogP contribution is 2.36. The van der Waals surface area contributed by atoms with Crippen molar-refractivity contribution in [3.63, 3.8) is 0 Å². The van der Waals surface area contributed by atoms with Gasteiger partial charge in [-0.2, -0.15) is 5.10 Å². The number of hydrogen-bond acceptors (Lipinski definition) is 7. The molecule has 0 bridgehead atoms. The summed E-state index contributed by atoms with van der Waals surface area (Å²) < 4.78 is 15.7. The van der Waals surface area contributed by atoms with Gasteiger partial charge < -0.3 is 19.0 Å². The minimum absolute atomic E-state index is 0.111.